The van der Waals surface area contributed by atoms with Crippen molar-refractivity contribution in [3.05, 3.63) is 34.3 Å². The molecule has 0 aromatic heterocycles. The van der Waals surface area contributed by atoms with Gasteiger partial charge < -0.3 is 9.84 Å². The van der Waals surface area contributed by atoms with Gasteiger partial charge in [0.2, 0.25) is 6.41 Å². The number of ether oxygens (including phenoxy) is 1. The smallest absolute Gasteiger partial charge is 0.226 e. The number of nitrogens with one attached hydrogen (secondary N) is 2. The van der Waals surface area contributed by atoms with Gasteiger partial charge in [-0.1, -0.05) is 28.1 Å². The number of hydrogen-bond donors (Lipinski definition) is 3. The number of hydrogen-bond acceptors (Lipinski definition) is 4. The lowest BCUT2D eigenvalue weighted by molar-refractivity contribution is -0.187. The molecular weight excluding hydrogens is 284 g/mol. The highest BCUT2D eigenvalue weighted by molar-refractivity contribution is 9.10. The zero-order valence-electron chi connectivity index (χ0n) is 10.3. The first-order valence-corrected chi connectivity index (χ1v) is 6.25. The zero-order chi connectivity index (χ0) is 12.9. The van der Waals surface area contributed by atoms with Gasteiger partial charge in [-0.25, -0.2) is 10.9 Å². The quantitative estimate of drug-likeness (QED) is 0.576. The first kappa shape index (κ1) is 14.6. The van der Waals surface area contributed by atoms with E-state index in [1.165, 1.54) is 0 Å². The second-order valence-electron chi connectivity index (χ2n) is 4.71. The third kappa shape index (κ3) is 6.75. The van der Waals surface area contributed by atoms with Crippen molar-refractivity contribution in [1.82, 2.24) is 10.9 Å². The number of aliphatic hydroxyl groups excluding tert-OH is 1. The van der Waals surface area contributed by atoms with E-state index in [0.717, 1.165) is 10.0 Å². The molecule has 0 aliphatic heterocycles. The molecule has 0 aliphatic rings. The van der Waals surface area contributed by atoms with Crippen LogP contribution in [0.4, 0.5) is 0 Å². The fourth-order valence-corrected chi connectivity index (χ4v) is 1.47. The molecule has 0 saturated carbocycles. The van der Waals surface area contributed by atoms with Crippen LogP contribution in [0.1, 0.15) is 26.3 Å². The maximum atomic E-state index is 9.50. The Bertz CT molecular complexity index is 335. The van der Waals surface area contributed by atoms with Crippen LogP contribution in [-0.2, 0) is 11.3 Å². The van der Waals surface area contributed by atoms with E-state index in [9.17, 15) is 5.11 Å². The fourth-order valence-electron chi connectivity index (χ4n) is 1.21. The first-order chi connectivity index (χ1) is 7.87. The molecule has 5 heteroatoms. The maximum absolute atomic E-state index is 9.50. The van der Waals surface area contributed by atoms with E-state index in [1.807, 2.05) is 45.0 Å². The molecule has 1 aromatic rings. The van der Waals surface area contributed by atoms with Gasteiger partial charge in [0.1, 0.15) is 0 Å². The van der Waals surface area contributed by atoms with E-state index >= 15 is 0 Å². The molecule has 17 heavy (non-hydrogen) atoms. The number of benzene rings is 1. The second kappa shape index (κ2) is 6.47. The number of halogens is 1. The van der Waals surface area contributed by atoms with Crippen LogP contribution in [-0.4, -0.2) is 17.1 Å². The average molecular weight is 303 g/mol. The molecule has 0 amide bonds. The summed E-state index contributed by atoms with van der Waals surface area (Å²) in [4.78, 5) is 0. The Labute approximate surface area is 110 Å². The molecule has 0 heterocycles. The molecule has 1 aromatic carbocycles. The van der Waals surface area contributed by atoms with Crippen LogP contribution in [0.15, 0.2) is 28.7 Å². The minimum atomic E-state index is -1.02. The summed E-state index contributed by atoms with van der Waals surface area (Å²) < 4.78 is 6.32. The van der Waals surface area contributed by atoms with Crippen LogP contribution in [0.25, 0.3) is 0 Å². The summed E-state index contributed by atoms with van der Waals surface area (Å²) in [7, 11) is 0. The van der Waals surface area contributed by atoms with Crippen LogP contribution in [0.2, 0.25) is 0 Å². The normalized spacial score (nSPS) is 13.7. The first-order valence-electron chi connectivity index (χ1n) is 5.45. The molecule has 1 atom stereocenters. The Morgan fingerprint density at radius 1 is 1.29 bits per heavy atom. The van der Waals surface area contributed by atoms with E-state index in [0.29, 0.717) is 6.54 Å². The predicted octanol–water partition coefficient (Wildman–Crippen LogP) is 2.13. The molecule has 0 fully saturated rings. The SMILES string of the molecule is CC(C)(C)OC(O)NNCc1ccc(Br)cc1. The van der Waals surface area contributed by atoms with Gasteiger partial charge in [-0.3, -0.25) is 0 Å². The van der Waals surface area contributed by atoms with Gasteiger partial charge in [-0.15, -0.1) is 0 Å². The molecule has 0 bridgehead atoms. The molecule has 1 unspecified atom stereocenters. The molecule has 96 valence electrons. The van der Waals surface area contributed by atoms with Gasteiger partial charge in [0, 0.05) is 11.0 Å². The van der Waals surface area contributed by atoms with E-state index in [-0.39, 0.29) is 5.60 Å². The Hall–Kier alpha value is -0.460. The number of aliphatic hydroxyl groups is 1. The van der Waals surface area contributed by atoms with Gasteiger partial charge in [-0.2, -0.15) is 0 Å². The highest BCUT2D eigenvalue weighted by atomic mass is 79.9. The van der Waals surface area contributed by atoms with Crippen molar-refractivity contribution in [2.24, 2.45) is 0 Å². The van der Waals surface area contributed by atoms with Crippen LogP contribution in [0.5, 0.6) is 0 Å². The third-order valence-electron chi connectivity index (χ3n) is 1.90. The van der Waals surface area contributed by atoms with Crippen molar-refractivity contribution in [2.75, 3.05) is 0 Å². The lowest BCUT2D eigenvalue weighted by atomic mass is 10.2. The number of hydrazine groups is 1. The van der Waals surface area contributed by atoms with Gasteiger partial charge in [0.15, 0.2) is 0 Å². The van der Waals surface area contributed by atoms with Crippen LogP contribution in [0.3, 0.4) is 0 Å². The Morgan fingerprint density at radius 2 is 1.88 bits per heavy atom. The molecule has 0 aliphatic carbocycles. The van der Waals surface area contributed by atoms with Crippen LogP contribution in [0, 0.1) is 0 Å². The van der Waals surface area contributed by atoms with E-state index in [2.05, 4.69) is 26.8 Å². The highest BCUT2D eigenvalue weighted by Gasteiger charge is 2.15. The van der Waals surface area contributed by atoms with Crippen molar-refractivity contribution < 1.29 is 9.84 Å². The largest absolute Gasteiger partial charge is 0.355 e. The Balaban J connectivity index is 2.26. The maximum Gasteiger partial charge on any atom is 0.226 e. The minimum absolute atomic E-state index is 0.383. The van der Waals surface area contributed by atoms with Crippen molar-refractivity contribution >= 4 is 15.9 Å². The summed E-state index contributed by atoms with van der Waals surface area (Å²) in [5.41, 5.74) is 6.31. The molecule has 4 nitrogen and oxygen atoms in total. The van der Waals surface area contributed by atoms with Crippen molar-refractivity contribution in [3.63, 3.8) is 0 Å². The summed E-state index contributed by atoms with van der Waals surface area (Å²) >= 11 is 3.37. The van der Waals surface area contributed by atoms with E-state index < -0.39 is 6.41 Å². The molecular formula is C12H19BrN2O2. The predicted molar refractivity (Wildman–Crippen MR) is 71.0 cm³/mol. The van der Waals surface area contributed by atoms with Gasteiger partial charge in [0.25, 0.3) is 0 Å². The zero-order valence-corrected chi connectivity index (χ0v) is 11.9. The fraction of sp³-hybridized carbons (Fsp3) is 0.500. The second-order valence-corrected chi connectivity index (χ2v) is 5.62. The topological polar surface area (TPSA) is 53.5 Å². The summed E-state index contributed by atoms with van der Waals surface area (Å²) in [5, 5.41) is 9.50. The van der Waals surface area contributed by atoms with Crippen LogP contribution < -0.4 is 10.9 Å². The molecule has 1 rings (SSSR count). The lowest BCUT2D eigenvalue weighted by Gasteiger charge is -2.24. The lowest BCUT2D eigenvalue weighted by Crippen LogP contribution is -2.45. The Kier molecular flexibility index (Phi) is 5.55. The van der Waals surface area contributed by atoms with Gasteiger partial charge in [-0.05, 0) is 38.5 Å². The molecule has 0 saturated heterocycles. The Morgan fingerprint density at radius 3 is 2.41 bits per heavy atom. The summed E-state index contributed by atoms with van der Waals surface area (Å²) in [6, 6.07) is 7.93. The molecule has 3 N–H and O–H groups in total. The van der Waals surface area contributed by atoms with Gasteiger partial charge in [0.05, 0.1) is 5.60 Å². The summed E-state index contributed by atoms with van der Waals surface area (Å²) in [6.45, 7) is 6.25. The highest BCUT2D eigenvalue weighted by Crippen LogP contribution is 2.10. The average Bonchev–Trinajstić information content (AvgIpc) is 2.18. The molecule has 0 spiro atoms. The van der Waals surface area contributed by atoms with Crippen molar-refractivity contribution in [2.45, 2.75) is 39.3 Å². The minimum Gasteiger partial charge on any atom is -0.355 e. The third-order valence-corrected chi connectivity index (χ3v) is 2.43. The van der Waals surface area contributed by atoms with Crippen LogP contribution >= 0.6 is 15.9 Å². The number of rotatable bonds is 5. The van der Waals surface area contributed by atoms with Gasteiger partial charge >= 0.3 is 0 Å². The summed E-state index contributed by atoms with van der Waals surface area (Å²) in [6.07, 6.45) is -1.02. The molecule has 0 radical (unpaired) electrons. The monoisotopic (exact) mass is 302 g/mol. The van der Waals surface area contributed by atoms with E-state index in [1.54, 1.807) is 0 Å². The van der Waals surface area contributed by atoms with Crippen molar-refractivity contribution in [1.29, 1.82) is 0 Å². The standard InChI is InChI=1S/C12H19BrN2O2/c1-12(2,3)17-11(16)15-14-8-9-4-6-10(13)7-5-9/h4-7,11,14-16H,8H2,1-3H3. The van der Waals surface area contributed by atoms with Crippen molar-refractivity contribution in [3.8, 4) is 0 Å². The summed E-state index contributed by atoms with van der Waals surface area (Å²) in [5.74, 6) is 0. The van der Waals surface area contributed by atoms with E-state index in [4.69, 9.17) is 4.74 Å².